The van der Waals surface area contributed by atoms with Crippen molar-refractivity contribution in [2.75, 3.05) is 6.54 Å². The highest BCUT2D eigenvalue weighted by Gasteiger charge is 2.19. The van der Waals surface area contributed by atoms with E-state index in [1.807, 2.05) is 11.4 Å². The summed E-state index contributed by atoms with van der Waals surface area (Å²) >= 11 is 1.50. The van der Waals surface area contributed by atoms with Gasteiger partial charge in [0.2, 0.25) is 0 Å². The summed E-state index contributed by atoms with van der Waals surface area (Å²) in [6, 6.07) is 6.56. The molecule has 0 aliphatic heterocycles. The molecule has 0 spiro atoms. The van der Waals surface area contributed by atoms with Gasteiger partial charge in [0.15, 0.2) is 0 Å². The maximum absolute atomic E-state index is 10.9. The van der Waals surface area contributed by atoms with E-state index in [1.54, 1.807) is 12.1 Å². The van der Waals surface area contributed by atoms with Crippen LogP contribution in [0.5, 0.6) is 0 Å². The molecule has 24 heavy (non-hydrogen) atoms. The van der Waals surface area contributed by atoms with Crippen molar-refractivity contribution >= 4 is 17.0 Å². The molecule has 0 bridgehead atoms. The smallest absolute Gasteiger partial charge is 0.270 e. The molecular weight excluding hydrogens is 326 g/mol. The van der Waals surface area contributed by atoms with Crippen LogP contribution in [0.25, 0.3) is 10.6 Å². The van der Waals surface area contributed by atoms with Gasteiger partial charge in [0.25, 0.3) is 5.69 Å². The number of hydrogen-bond donors (Lipinski definition) is 2. The Balaban J connectivity index is 1.55. The number of benzene rings is 1. The number of hydrogen-bond acceptors (Lipinski definition) is 6. The third-order valence-corrected chi connectivity index (χ3v) is 5.29. The number of thiazole rings is 1. The highest BCUT2D eigenvalue weighted by atomic mass is 32.1. The van der Waals surface area contributed by atoms with Crippen molar-refractivity contribution in [1.29, 1.82) is 0 Å². The van der Waals surface area contributed by atoms with Crippen molar-refractivity contribution in [3.63, 3.8) is 0 Å². The van der Waals surface area contributed by atoms with Gasteiger partial charge in [-0.3, -0.25) is 10.1 Å². The Bertz CT molecular complexity index is 704. The summed E-state index contributed by atoms with van der Waals surface area (Å²) in [5.74, 6) is 0.531. The number of aromatic nitrogens is 1. The minimum Gasteiger partial charge on any atom is -0.393 e. The van der Waals surface area contributed by atoms with E-state index in [-0.39, 0.29) is 11.8 Å². The number of nitrogens with zero attached hydrogens (tertiary/aromatic N) is 2. The molecule has 1 aliphatic carbocycles. The Morgan fingerprint density at radius 2 is 2.29 bits per heavy atom. The number of rotatable bonds is 6. The summed E-state index contributed by atoms with van der Waals surface area (Å²) in [5.41, 5.74) is 1.80. The number of nitro groups is 1. The average Bonchev–Trinajstić information content (AvgIpc) is 3.04. The predicted octanol–water partition coefficient (Wildman–Crippen LogP) is 3.36. The number of aliphatic hydroxyl groups excluding tert-OH is 1. The van der Waals surface area contributed by atoms with E-state index in [0.29, 0.717) is 12.5 Å². The van der Waals surface area contributed by atoms with Crippen LogP contribution in [-0.2, 0) is 6.54 Å². The lowest BCUT2D eigenvalue weighted by molar-refractivity contribution is -0.384. The van der Waals surface area contributed by atoms with Gasteiger partial charge in [-0.2, -0.15) is 0 Å². The van der Waals surface area contributed by atoms with Crippen LogP contribution in [0.15, 0.2) is 29.6 Å². The molecule has 0 radical (unpaired) electrons. The predicted molar refractivity (Wildman–Crippen MR) is 93.9 cm³/mol. The molecule has 3 rings (SSSR count). The molecule has 6 nitrogen and oxygen atoms in total. The minimum absolute atomic E-state index is 0.0817. The monoisotopic (exact) mass is 347 g/mol. The van der Waals surface area contributed by atoms with Gasteiger partial charge in [0, 0.05) is 29.6 Å². The second-order valence-electron chi connectivity index (χ2n) is 6.27. The Morgan fingerprint density at radius 3 is 3.08 bits per heavy atom. The summed E-state index contributed by atoms with van der Waals surface area (Å²) in [6.45, 7) is 1.57. The van der Waals surface area contributed by atoms with Gasteiger partial charge in [-0.15, -0.1) is 11.3 Å². The van der Waals surface area contributed by atoms with Crippen molar-refractivity contribution in [3.05, 3.63) is 45.5 Å². The molecule has 0 amide bonds. The fourth-order valence-electron chi connectivity index (χ4n) is 3.13. The molecule has 2 atom stereocenters. The molecule has 2 N–H and O–H groups in total. The van der Waals surface area contributed by atoms with E-state index >= 15 is 0 Å². The first-order chi connectivity index (χ1) is 11.6. The normalized spacial score (nSPS) is 20.9. The number of non-ortho nitro benzene ring substituents is 1. The SMILES string of the molecule is O=[N+]([O-])c1cccc(-c2nc(CNCC3CCCC(O)C3)cs2)c1. The maximum atomic E-state index is 10.9. The lowest BCUT2D eigenvalue weighted by Gasteiger charge is -2.25. The van der Waals surface area contributed by atoms with E-state index in [4.69, 9.17) is 0 Å². The molecule has 1 aromatic carbocycles. The molecule has 1 aromatic heterocycles. The van der Waals surface area contributed by atoms with Gasteiger partial charge >= 0.3 is 0 Å². The third kappa shape index (κ3) is 4.37. The van der Waals surface area contributed by atoms with Gasteiger partial charge in [-0.1, -0.05) is 18.6 Å². The zero-order valence-electron chi connectivity index (χ0n) is 13.4. The highest BCUT2D eigenvalue weighted by Crippen LogP contribution is 2.27. The Morgan fingerprint density at radius 1 is 1.42 bits per heavy atom. The molecule has 128 valence electrons. The van der Waals surface area contributed by atoms with Gasteiger partial charge in [-0.25, -0.2) is 4.98 Å². The topological polar surface area (TPSA) is 88.3 Å². The van der Waals surface area contributed by atoms with Crippen molar-refractivity contribution in [1.82, 2.24) is 10.3 Å². The Labute approximate surface area is 144 Å². The van der Waals surface area contributed by atoms with E-state index < -0.39 is 4.92 Å². The van der Waals surface area contributed by atoms with Crippen molar-refractivity contribution in [3.8, 4) is 10.6 Å². The second-order valence-corrected chi connectivity index (χ2v) is 7.13. The molecule has 1 saturated carbocycles. The first kappa shape index (κ1) is 17.0. The van der Waals surface area contributed by atoms with Crippen molar-refractivity contribution < 1.29 is 10.0 Å². The Hall–Kier alpha value is -1.83. The summed E-state index contributed by atoms with van der Waals surface area (Å²) in [7, 11) is 0. The zero-order chi connectivity index (χ0) is 16.9. The zero-order valence-corrected chi connectivity index (χ0v) is 14.2. The fraction of sp³-hybridized carbons (Fsp3) is 0.471. The molecule has 7 heteroatoms. The van der Waals surface area contributed by atoms with E-state index in [1.165, 1.54) is 23.8 Å². The number of nitrogens with one attached hydrogen (secondary N) is 1. The average molecular weight is 347 g/mol. The van der Waals surface area contributed by atoms with E-state index in [9.17, 15) is 15.2 Å². The quantitative estimate of drug-likeness (QED) is 0.618. The summed E-state index contributed by atoms with van der Waals surface area (Å²) < 4.78 is 0. The van der Waals surface area contributed by atoms with Crippen LogP contribution in [0.4, 0.5) is 5.69 Å². The summed E-state index contributed by atoms with van der Waals surface area (Å²) in [6.07, 6.45) is 3.92. The maximum Gasteiger partial charge on any atom is 0.270 e. The van der Waals surface area contributed by atoms with Crippen molar-refractivity contribution in [2.24, 2.45) is 5.92 Å². The van der Waals surface area contributed by atoms with Gasteiger partial charge in [0.1, 0.15) is 5.01 Å². The molecule has 2 aromatic rings. The first-order valence-electron chi connectivity index (χ1n) is 8.20. The number of aliphatic hydroxyl groups is 1. The number of nitro benzene ring substituents is 1. The van der Waals surface area contributed by atoms with Crippen LogP contribution in [0, 0.1) is 16.0 Å². The van der Waals surface area contributed by atoms with Crippen LogP contribution >= 0.6 is 11.3 Å². The van der Waals surface area contributed by atoms with Gasteiger partial charge < -0.3 is 10.4 Å². The molecule has 1 aliphatic rings. The summed E-state index contributed by atoms with van der Waals surface area (Å²) in [5, 5.41) is 26.8. The first-order valence-corrected chi connectivity index (χ1v) is 9.08. The highest BCUT2D eigenvalue weighted by molar-refractivity contribution is 7.13. The van der Waals surface area contributed by atoms with Crippen LogP contribution in [0.1, 0.15) is 31.4 Å². The van der Waals surface area contributed by atoms with Crippen LogP contribution < -0.4 is 5.32 Å². The summed E-state index contributed by atoms with van der Waals surface area (Å²) in [4.78, 5) is 15.0. The van der Waals surface area contributed by atoms with Gasteiger partial charge in [0.05, 0.1) is 16.7 Å². The van der Waals surface area contributed by atoms with E-state index in [2.05, 4.69) is 10.3 Å². The van der Waals surface area contributed by atoms with Crippen LogP contribution in [-0.4, -0.2) is 27.7 Å². The van der Waals surface area contributed by atoms with Crippen LogP contribution in [0.3, 0.4) is 0 Å². The fourth-order valence-corrected chi connectivity index (χ4v) is 3.94. The lowest BCUT2D eigenvalue weighted by atomic mass is 9.87. The molecule has 1 heterocycles. The third-order valence-electron chi connectivity index (χ3n) is 4.35. The Kier molecular flexibility index (Phi) is 5.55. The molecule has 0 saturated heterocycles. The van der Waals surface area contributed by atoms with Gasteiger partial charge in [-0.05, 0) is 31.7 Å². The molecule has 1 fully saturated rings. The molecule has 2 unspecified atom stereocenters. The largest absolute Gasteiger partial charge is 0.393 e. The molecular formula is C17H21N3O3S. The van der Waals surface area contributed by atoms with Crippen molar-refractivity contribution in [2.45, 2.75) is 38.3 Å². The van der Waals surface area contributed by atoms with Crippen LogP contribution in [0.2, 0.25) is 0 Å². The standard InChI is InChI=1S/C17H21N3O3S/c21-16-6-1-3-12(7-16)9-18-10-14-11-24-17(19-14)13-4-2-5-15(8-13)20(22)23/h2,4-5,8,11-12,16,18,21H,1,3,6-7,9-10H2. The van der Waals surface area contributed by atoms with E-state index in [0.717, 1.165) is 42.1 Å². The second kappa shape index (κ2) is 7.83. The minimum atomic E-state index is -0.391. The lowest BCUT2D eigenvalue weighted by Crippen LogP contribution is -2.28.